The molecule has 0 aromatic heterocycles. The number of amidine groups is 1. The quantitative estimate of drug-likeness (QED) is 0.858. The van der Waals surface area contributed by atoms with E-state index in [4.69, 9.17) is 16.9 Å². The fourth-order valence-electron chi connectivity index (χ4n) is 2.60. The van der Waals surface area contributed by atoms with Crippen LogP contribution in [0.25, 0.3) is 0 Å². The van der Waals surface area contributed by atoms with E-state index in [9.17, 15) is 4.79 Å². The first-order valence-electron chi connectivity index (χ1n) is 6.69. The van der Waals surface area contributed by atoms with Crippen molar-refractivity contribution < 1.29 is 9.53 Å². The topological polar surface area (TPSA) is 67.9 Å². The lowest BCUT2D eigenvalue weighted by atomic mass is 9.89. The molecule has 2 atom stereocenters. The summed E-state index contributed by atoms with van der Waals surface area (Å²) >= 11 is 0. The molecule has 0 fully saturated rings. The molecule has 2 N–H and O–H groups in total. The van der Waals surface area contributed by atoms with E-state index < -0.39 is 5.54 Å². The van der Waals surface area contributed by atoms with Gasteiger partial charge < -0.3 is 10.5 Å². The van der Waals surface area contributed by atoms with Crippen molar-refractivity contribution in [3.05, 3.63) is 29.8 Å². The SMILES string of the molecule is C#CC(C)N1C(=O)N=C(N)C1(C)Cc1ccc(OC)cc1. The van der Waals surface area contributed by atoms with E-state index in [2.05, 4.69) is 10.9 Å². The predicted octanol–water partition coefficient (Wildman–Crippen LogP) is 1.81. The van der Waals surface area contributed by atoms with Gasteiger partial charge in [-0.05, 0) is 31.5 Å². The molecule has 0 bridgehead atoms. The van der Waals surface area contributed by atoms with Gasteiger partial charge in [-0.15, -0.1) is 6.42 Å². The number of benzene rings is 1. The molecule has 2 unspecified atom stereocenters. The Kier molecular flexibility index (Phi) is 3.90. The Bertz CT molecular complexity index is 615. The van der Waals surface area contributed by atoms with Crippen LogP contribution < -0.4 is 10.5 Å². The highest BCUT2D eigenvalue weighted by atomic mass is 16.5. The smallest absolute Gasteiger partial charge is 0.347 e. The van der Waals surface area contributed by atoms with E-state index in [1.807, 2.05) is 31.2 Å². The molecule has 2 rings (SSSR count). The lowest BCUT2D eigenvalue weighted by molar-refractivity contribution is 0.166. The van der Waals surface area contributed by atoms with E-state index >= 15 is 0 Å². The van der Waals surface area contributed by atoms with Crippen molar-refractivity contribution in [2.75, 3.05) is 7.11 Å². The normalized spacial score (nSPS) is 22.7. The third kappa shape index (κ3) is 2.57. The Hall–Kier alpha value is -2.48. The summed E-state index contributed by atoms with van der Waals surface area (Å²) in [5.41, 5.74) is 6.30. The van der Waals surface area contributed by atoms with E-state index in [0.29, 0.717) is 12.3 Å². The summed E-state index contributed by atoms with van der Waals surface area (Å²) in [4.78, 5) is 17.5. The summed E-state index contributed by atoms with van der Waals surface area (Å²) in [6.07, 6.45) is 6.01. The number of carbonyl (C=O) groups excluding carboxylic acids is 1. The number of hydrogen-bond acceptors (Lipinski definition) is 3. The molecule has 0 radical (unpaired) electrons. The van der Waals surface area contributed by atoms with Crippen LogP contribution >= 0.6 is 0 Å². The zero-order valence-corrected chi connectivity index (χ0v) is 12.5. The minimum atomic E-state index is -0.711. The summed E-state index contributed by atoms with van der Waals surface area (Å²) in [6.45, 7) is 3.67. The van der Waals surface area contributed by atoms with Crippen LogP contribution in [0.15, 0.2) is 29.3 Å². The number of aliphatic imine (C=N–C) groups is 1. The molecule has 0 spiro atoms. The number of carbonyl (C=O) groups is 1. The highest BCUT2D eigenvalue weighted by Gasteiger charge is 2.46. The maximum atomic E-state index is 12.0. The van der Waals surface area contributed by atoms with Crippen LogP contribution in [0.1, 0.15) is 19.4 Å². The number of urea groups is 1. The molecule has 1 aliphatic rings. The molecule has 1 aromatic rings. The highest BCUT2D eigenvalue weighted by molar-refractivity contribution is 6.06. The molecule has 5 nitrogen and oxygen atoms in total. The second-order valence-corrected chi connectivity index (χ2v) is 5.29. The molecular weight excluding hydrogens is 266 g/mol. The molecule has 110 valence electrons. The predicted molar refractivity (Wildman–Crippen MR) is 82.3 cm³/mol. The van der Waals surface area contributed by atoms with Gasteiger partial charge in [0.05, 0.1) is 13.2 Å². The number of rotatable bonds is 4. The molecule has 0 saturated carbocycles. The number of nitrogens with two attached hydrogens (primary N) is 1. The summed E-state index contributed by atoms with van der Waals surface area (Å²) in [5.74, 6) is 3.65. The van der Waals surface area contributed by atoms with Crippen molar-refractivity contribution in [1.29, 1.82) is 0 Å². The first-order valence-corrected chi connectivity index (χ1v) is 6.69. The van der Waals surface area contributed by atoms with Crippen molar-refractivity contribution in [1.82, 2.24) is 4.90 Å². The Morgan fingerprint density at radius 1 is 1.48 bits per heavy atom. The van der Waals surface area contributed by atoms with Gasteiger partial charge in [0, 0.05) is 6.42 Å². The maximum absolute atomic E-state index is 12.0. The van der Waals surface area contributed by atoms with E-state index in [1.165, 1.54) is 0 Å². The summed E-state index contributed by atoms with van der Waals surface area (Å²) in [7, 11) is 1.62. The fraction of sp³-hybridized carbons (Fsp3) is 0.375. The van der Waals surface area contributed by atoms with Crippen molar-refractivity contribution in [3.8, 4) is 18.1 Å². The van der Waals surface area contributed by atoms with Gasteiger partial charge in [-0.2, -0.15) is 4.99 Å². The van der Waals surface area contributed by atoms with E-state index in [1.54, 1.807) is 18.9 Å². The molecule has 0 aliphatic carbocycles. The van der Waals surface area contributed by atoms with E-state index in [-0.39, 0.29) is 12.1 Å². The average molecular weight is 285 g/mol. The molecular formula is C16H19N3O2. The van der Waals surface area contributed by atoms with Crippen molar-refractivity contribution in [2.45, 2.75) is 31.8 Å². The van der Waals surface area contributed by atoms with Crippen molar-refractivity contribution in [3.63, 3.8) is 0 Å². The van der Waals surface area contributed by atoms with Crippen molar-refractivity contribution in [2.24, 2.45) is 10.7 Å². The Balaban J connectivity index is 2.31. The lowest BCUT2D eigenvalue weighted by Crippen LogP contribution is -2.56. The molecule has 2 amide bonds. The highest BCUT2D eigenvalue weighted by Crippen LogP contribution is 2.29. The largest absolute Gasteiger partial charge is 0.497 e. The van der Waals surface area contributed by atoms with Gasteiger partial charge in [0.2, 0.25) is 0 Å². The van der Waals surface area contributed by atoms with Crippen LogP contribution in [0.4, 0.5) is 4.79 Å². The number of amides is 2. The van der Waals surface area contributed by atoms with Crippen LogP contribution in [0.3, 0.4) is 0 Å². The number of nitrogens with zero attached hydrogens (tertiary/aromatic N) is 2. The molecule has 5 heteroatoms. The summed E-state index contributed by atoms with van der Waals surface area (Å²) in [5, 5.41) is 0. The zero-order valence-electron chi connectivity index (χ0n) is 12.5. The number of terminal acetylenes is 1. The molecule has 1 heterocycles. The van der Waals surface area contributed by atoms with Crippen molar-refractivity contribution >= 4 is 11.9 Å². The van der Waals surface area contributed by atoms with Gasteiger partial charge in [0.1, 0.15) is 17.1 Å². The first kappa shape index (κ1) is 14.9. The first-order chi connectivity index (χ1) is 9.92. The Morgan fingerprint density at radius 2 is 2.10 bits per heavy atom. The standard InChI is InChI=1S/C16H19N3O2/c1-5-11(2)19-15(20)18-14(17)16(19,3)10-12-6-8-13(21-4)9-7-12/h1,6-9,11H,10H2,2-4H3,(H2,17,18,20). The second kappa shape index (κ2) is 5.49. The third-order valence-corrected chi connectivity index (χ3v) is 3.84. The monoisotopic (exact) mass is 285 g/mol. The number of hydrogen-bond donors (Lipinski definition) is 1. The van der Waals surface area contributed by atoms with Crippen LogP contribution in [0.2, 0.25) is 0 Å². The van der Waals surface area contributed by atoms with Crippen LogP contribution in [0, 0.1) is 12.3 Å². The zero-order chi connectivity index (χ0) is 15.6. The molecule has 1 aliphatic heterocycles. The minimum absolute atomic E-state index is 0.297. The van der Waals surface area contributed by atoms with E-state index in [0.717, 1.165) is 11.3 Å². The van der Waals surface area contributed by atoms with Gasteiger partial charge >= 0.3 is 6.03 Å². The summed E-state index contributed by atoms with van der Waals surface area (Å²) < 4.78 is 5.14. The number of ether oxygens (including phenoxy) is 1. The van der Waals surface area contributed by atoms with Gasteiger partial charge in [-0.1, -0.05) is 18.1 Å². The summed E-state index contributed by atoms with van der Waals surface area (Å²) in [6, 6.07) is 6.88. The van der Waals surface area contributed by atoms with Crippen LogP contribution in [-0.2, 0) is 6.42 Å². The second-order valence-electron chi connectivity index (χ2n) is 5.29. The third-order valence-electron chi connectivity index (χ3n) is 3.84. The fourth-order valence-corrected chi connectivity index (χ4v) is 2.60. The number of methoxy groups -OCH3 is 1. The Morgan fingerprint density at radius 3 is 2.62 bits per heavy atom. The van der Waals surface area contributed by atoms with Gasteiger partial charge in [0.15, 0.2) is 0 Å². The average Bonchev–Trinajstić information content (AvgIpc) is 2.68. The van der Waals surface area contributed by atoms with Gasteiger partial charge in [-0.25, -0.2) is 4.79 Å². The maximum Gasteiger partial charge on any atom is 0.347 e. The van der Waals surface area contributed by atoms with Gasteiger partial charge in [-0.3, -0.25) is 4.90 Å². The van der Waals surface area contributed by atoms with Crippen LogP contribution in [0.5, 0.6) is 5.75 Å². The Labute approximate surface area is 124 Å². The van der Waals surface area contributed by atoms with Crippen LogP contribution in [-0.4, -0.2) is 35.5 Å². The minimum Gasteiger partial charge on any atom is -0.497 e. The molecule has 0 saturated heterocycles. The molecule has 21 heavy (non-hydrogen) atoms. The molecule has 1 aromatic carbocycles. The lowest BCUT2D eigenvalue weighted by Gasteiger charge is -2.37. The van der Waals surface area contributed by atoms with Gasteiger partial charge in [0.25, 0.3) is 0 Å².